The van der Waals surface area contributed by atoms with E-state index in [-0.39, 0.29) is 0 Å². The maximum absolute atomic E-state index is 6.12. The van der Waals surface area contributed by atoms with Gasteiger partial charge in [0.1, 0.15) is 0 Å². The lowest BCUT2D eigenvalue weighted by Gasteiger charge is -2.18. The predicted molar refractivity (Wildman–Crippen MR) is 69.6 cm³/mol. The molecule has 1 atom stereocenters. The van der Waals surface area contributed by atoms with E-state index in [0.29, 0.717) is 22.7 Å². The van der Waals surface area contributed by atoms with Gasteiger partial charge in [0.15, 0.2) is 0 Å². The Labute approximate surface area is 110 Å². The first-order chi connectivity index (χ1) is 8.84. The number of halogens is 1. The molecule has 0 aliphatic carbocycles. The molecule has 3 rings (SSSR count). The van der Waals surface area contributed by atoms with E-state index in [1.165, 1.54) is 0 Å². The van der Waals surface area contributed by atoms with Gasteiger partial charge in [-0.1, -0.05) is 28.9 Å². The van der Waals surface area contributed by atoms with E-state index in [1.807, 2.05) is 24.3 Å². The molecule has 0 bridgehead atoms. The number of nitrogens with one attached hydrogen (secondary N) is 1. The molecule has 18 heavy (non-hydrogen) atoms. The van der Waals surface area contributed by atoms with E-state index in [2.05, 4.69) is 15.5 Å². The van der Waals surface area contributed by atoms with Crippen molar-refractivity contribution < 1.29 is 4.52 Å². The van der Waals surface area contributed by atoms with E-state index in [9.17, 15) is 0 Å². The number of rotatable bonds is 2. The van der Waals surface area contributed by atoms with Crippen LogP contribution in [0.1, 0.15) is 24.7 Å². The molecule has 1 aromatic carbocycles. The van der Waals surface area contributed by atoms with E-state index >= 15 is 0 Å². The minimum Gasteiger partial charge on any atom is -0.339 e. The number of nitrogens with zero attached hydrogens (tertiary/aromatic N) is 2. The van der Waals surface area contributed by atoms with Crippen molar-refractivity contribution in [1.29, 1.82) is 0 Å². The van der Waals surface area contributed by atoms with Crippen LogP contribution in [0.25, 0.3) is 11.4 Å². The van der Waals surface area contributed by atoms with Crippen molar-refractivity contribution in [3.8, 4) is 11.4 Å². The maximum Gasteiger partial charge on any atom is 0.231 e. The highest BCUT2D eigenvalue weighted by Gasteiger charge is 2.22. The summed E-state index contributed by atoms with van der Waals surface area (Å²) < 4.78 is 5.35. The highest BCUT2D eigenvalue weighted by Crippen LogP contribution is 2.28. The quantitative estimate of drug-likeness (QED) is 0.905. The minimum atomic E-state index is 0.322. The number of hydrogen-bond donors (Lipinski definition) is 1. The normalized spacial score (nSPS) is 19.9. The summed E-state index contributed by atoms with van der Waals surface area (Å²) in [6.07, 6.45) is 2.24. The van der Waals surface area contributed by atoms with E-state index in [1.54, 1.807) is 0 Å². The van der Waals surface area contributed by atoms with Gasteiger partial charge in [-0.3, -0.25) is 0 Å². The van der Waals surface area contributed by atoms with Gasteiger partial charge in [0.25, 0.3) is 0 Å². The lowest BCUT2D eigenvalue weighted by molar-refractivity contribution is 0.322. The molecule has 1 fully saturated rings. The second kappa shape index (κ2) is 5.08. The zero-order chi connectivity index (χ0) is 12.4. The molecular formula is C13H14ClN3O. The Morgan fingerprint density at radius 1 is 1.33 bits per heavy atom. The molecular weight excluding hydrogens is 250 g/mol. The molecule has 94 valence electrons. The van der Waals surface area contributed by atoms with Gasteiger partial charge in [-0.15, -0.1) is 0 Å². The highest BCUT2D eigenvalue weighted by molar-refractivity contribution is 6.33. The summed E-state index contributed by atoms with van der Waals surface area (Å²) in [7, 11) is 0. The third-order valence-electron chi connectivity index (χ3n) is 3.20. The summed E-state index contributed by atoms with van der Waals surface area (Å²) in [4.78, 5) is 4.46. The summed E-state index contributed by atoms with van der Waals surface area (Å²) >= 11 is 6.12. The first-order valence-corrected chi connectivity index (χ1v) is 6.51. The number of hydrogen-bond acceptors (Lipinski definition) is 4. The molecule has 1 N–H and O–H groups in total. The smallest absolute Gasteiger partial charge is 0.231 e. The van der Waals surface area contributed by atoms with Gasteiger partial charge in [-0.05, 0) is 31.5 Å². The fraction of sp³-hybridized carbons (Fsp3) is 0.385. The van der Waals surface area contributed by atoms with Crippen LogP contribution in [0, 0.1) is 0 Å². The van der Waals surface area contributed by atoms with Crippen molar-refractivity contribution >= 4 is 11.6 Å². The number of benzene rings is 1. The SMILES string of the molecule is Clc1ccccc1-c1noc([C@H]2CCCNC2)n1. The fourth-order valence-corrected chi connectivity index (χ4v) is 2.44. The van der Waals surface area contributed by atoms with Crippen LogP contribution in [0.2, 0.25) is 5.02 Å². The molecule has 4 nitrogen and oxygen atoms in total. The molecule has 0 radical (unpaired) electrons. The highest BCUT2D eigenvalue weighted by atomic mass is 35.5. The summed E-state index contributed by atoms with van der Waals surface area (Å²) in [5.74, 6) is 1.60. The maximum atomic E-state index is 6.12. The van der Waals surface area contributed by atoms with Crippen LogP contribution in [0.3, 0.4) is 0 Å². The van der Waals surface area contributed by atoms with Crippen LogP contribution in [0.15, 0.2) is 28.8 Å². The summed E-state index contributed by atoms with van der Waals surface area (Å²) in [6, 6.07) is 7.53. The van der Waals surface area contributed by atoms with Gasteiger partial charge in [-0.25, -0.2) is 0 Å². The summed E-state index contributed by atoms with van der Waals surface area (Å²) in [6.45, 7) is 1.98. The lowest BCUT2D eigenvalue weighted by Crippen LogP contribution is -2.28. The van der Waals surface area contributed by atoms with Crippen LogP contribution in [0.5, 0.6) is 0 Å². The van der Waals surface area contributed by atoms with Crippen molar-refractivity contribution in [1.82, 2.24) is 15.5 Å². The van der Waals surface area contributed by atoms with E-state index in [0.717, 1.165) is 31.5 Å². The van der Waals surface area contributed by atoms with Gasteiger partial charge in [0.05, 0.1) is 10.9 Å². The third kappa shape index (κ3) is 2.26. The lowest BCUT2D eigenvalue weighted by atomic mass is 10.00. The van der Waals surface area contributed by atoms with Crippen LogP contribution < -0.4 is 5.32 Å². The monoisotopic (exact) mass is 263 g/mol. The van der Waals surface area contributed by atoms with Crippen LogP contribution in [0.4, 0.5) is 0 Å². The largest absolute Gasteiger partial charge is 0.339 e. The second-order valence-corrected chi connectivity index (χ2v) is 4.89. The molecule has 2 heterocycles. The Morgan fingerprint density at radius 3 is 3.00 bits per heavy atom. The van der Waals surface area contributed by atoms with Crippen molar-refractivity contribution in [2.45, 2.75) is 18.8 Å². The van der Waals surface area contributed by atoms with Gasteiger partial charge < -0.3 is 9.84 Å². The molecule has 1 aromatic heterocycles. The molecule has 2 aromatic rings. The molecule has 0 unspecified atom stereocenters. The van der Waals surface area contributed by atoms with E-state index in [4.69, 9.17) is 16.1 Å². The Morgan fingerprint density at radius 2 is 2.22 bits per heavy atom. The second-order valence-electron chi connectivity index (χ2n) is 4.48. The zero-order valence-electron chi connectivity index (χ0n) is 9.90. The summed E-state index contributed by atoms with van der Waals surface area (Å²) in [5.41, 5.74) is 0.818. The van der Waals surface area contributed by atoms with Crippen LogP contribution in [-0.4, -0.2) is 23.2 Å². The summed E-state index contributed by atoms with van der Waals surface area (Å²) in [5, 5.41) is 8.01. The van der Waals surface area contributed by atoms with Gasteiger partial charge >= 0.3 is 0 Å². The molecule has 0 amide bonds. The van der Waals surface area contributed by atoms with E-state index < -0.39 is 0 Å². The first-order valence-electron chi connectivity index (χ1n) is 6.14. The molecule has 1 aliphatic rings. The molecule has 0 spiro atoms. The Kier molecular flexibility index (Phi) is 3.30. The van der Waals surface area contributed by atoms with Crippen molar-refractivity contribution in [3.05, 3.63) is 35.2 Å². The Balaban J connectivity index is 1.87. The number of aromatic nitrogens is 2. The Hall–Kier alpha value is -1.39. The van der Waals surface area contributed by atoms with Gasteiger partial charge in [0, 0.05) is 12.1 Å². The standard InChI is InChI=1S/C13H14ClN3O/c14-11-6-2-1-5-10(11)12-16-13(18-17-12)9-4-3-7-15-8-9/h1-2,5-6,9,15H,3-4,7-8H2/t9-/m0/s1. The van der Waals surface area contributed by atoms with Crippen LogP contribution >= 0.6 is 11.6 Å². The topological polar surface area (TPSA) is 51.0 Å². The third-order valence-corrected chi connectivity index (χ3v) is 3.53. The average molecular weight is 264 g/mol. The predicted octanol–water partition coefficient (Wildman–Crippen LogP) is 2.86. The van der Waals surface area contributed by atoms with Gasteiger partial charge in [0.2, 0.25) is 11.7 Å². The van der Waals surface area contributed by atoms with Crippen LogP contribution in [-0.2, 0) is 0 Å². The number of piperidine rings is 1. The van der Waals surface area contributed by atoms with Crippen molar-refractivity contribution in [3.63, 3.8) is 0 Å². The molecule has 0 saturated carbocycles. The molecule has 5 heteroatoms. The minimum absolute atomic E-state index is 0.322. The van der Waals surface area contributed by atoms with Gasteiger partial charge in [-0.2, -0.15) is 4.98 Å². The van der Waals surface area contributed by atoms with Crippen molar-refractivity contribution in [2.75, 3.05) is 13.1 Å². The fourth-order valence-electron chi connectivity index (χ4n) is 2.22. The molecule has 1 aliphatic heterocycles. The first kappa shape index (κ1) is 11.7. The Bertz CT molecular complexity index is 535. The average Bonchev–Trinajstić information content (AvgIpc) is 2.90. The van der Waals surface area contributed by atoms with Crippen molar-refractivity contribution in [2.24, 2.45) is 0 Å². The molecule has 1 saturated heterocycles. The zero-order valence-corrected chi connectivity index (χ0v) is 10.7.